The Labute approximate surface area is 120 Å². The molecule has 1 aliphatic rings. The lowest BCUT2D eigenvalue weighted by molar-refractivity contribution is -0.124. The van der Waals surface area contributed by atoms with E-state index >= 15 is 0 Å². The minimum atomic E-state index is -0.0561. The van der Waals surface area contributed by atoms with Crippen LogP contribution < -0.4 is 15.4 Å². The van der Waals surface area contributed by atoms with Gasteiger partial charge in [0.1, 0.15) is 5.75 Å². The highest BCUT2D eigenvalue weighted by atomic mass is 16.5. The standard InChI is InChI=1S/C16H24N2O2/c1-11-8-9-17-15(10-11)16(19)18-12(2)13-4-6-14(20-3)7-5-13/h4-7,11-12,15,17H,8-10H2,1-3H3,(H,18,19). The lowest BCUT2D eigenvalue weighted by atomic mass is 9.93. The molecule has 2 rings (SSSR count). The summed E-state index contributed by atoms with van der Waals surface area (Å²) in [6, 6.07) is 7.76. The third kappa shape index (κ3) is 3.73. The summed E-state index contributed by atoms with van der Waals surface area (Å²) in [7, 11) is 1.65. The SMILES string of the molecule is COc1ccc(C(C)NC(=O)C2CC(C)CCN2)cc1. The van der Waals surface area contributed by atoms with Crippen molar-refractivity contribution in [3.63, 3.8) is 0 Å². The molecular weight excluding hydrogens is 252 g/mol. The third-order valence-corrected chi connectivity index (χ3v) is 3.96. The number of rotatable bonds is 4. The van der Waals surface area contributed by atoms with Gasteiger partial charge in [-0.15, -0.1) is 0 Å². The highest BCUT2D eigenvalue weighted by Gasteiger charge is 2.25. The second-order valence-electron chi connectivity index (χ2n) is 5.64. The Kier molecular flexibility index (Phi) is 5.01. The number of nitrogens with one attached hydrogen (secondary N) is 2. The molecule has 0 aliphatic carbocycles. The van der Waals surface area contributed by atoms with E-state index in [4.69, 9.17) is 4.74 Å². The fourth-order valence-corrected chi connectivity index (χ4v) is 2.60. The smallest absolute Gasteiger partial charge is 0.237 e. The molecule has 2 N–H and O–H groups in total. The maximum atomic E-state index is 12.3. The molecule has 1 heterocycles. The highest BCUT2D eigenvalue weighted by Crippen LogP contribution is 2.19. The van der Waals surface area contributed by atoms with Gasteiger partial charge in [0.25, 0.3) is 0 Å². The fraction of sp³-hybridized carbons (Fsp3) is 0.562. The minimum absolute atomic E-state index is 0.00689. The van der Waals surface area contributed by atoms with Gasteiger partial charge in [-0.3, -0.25) is 4.79 Å². The first kappa shape index (κ1) is 14.9. The predicted molar refractivity (Wildman–Crippen MR) is 79.7 cm³/mol. The molecule has 0 bridgehead atoms. The van der Waals surface area contributed by atoms with Gasteiger partial charge in [-0.25, -0.2) is 0 Å². The summed E-state index contributed by atoms with van der Waals surface area (Å²) in [5.41, 5.74) is 1.09. The second-order valence-corrected chi connectivity index (χ2v) is 5.64. The Bertz CT molecular complexity index is 444. The average molecular weight is 276 g/mol. The molecule has 20 heavy (non-hydrogen) atoms. The van der Waals surface area contributed by atoms with Crippen LogP contribution in [0.15, 0.2) is 24.3 Å². The summed E-state index contributed by atoms with van der Waals surface area (Å²) in [6.45, 7) is 5.14. The van der Waals surface area contributed by atoms with Gasteiger partial charge in [0, 0.05) is 0 Å². The zero-order chi connectivity index (χ0) is 14.5. The zero-order valence-electron chi connectivity index (χ0n) is 12.5. The molecule has 0 aromatic heterocycles. The van der Waals surface area contributed by atoms with E-state index in [-0.39, 0.29) is 18.0 Å². The first-order valence-corrected chi connectivity index (χ1v) is 7.28. The van der Waals surface area contributed by atoms with Crippen LogP contribution in [-0.4, -0.2) is 25.6 Å². The molecule has 1 saturated heterocycles. The third-order valence-electron chi connectivity index (χ3n) is 3.96. The van der Waals surface area contributed by atoms with Crippen molar-refractivity contribution >= 4 is 5.91 Å². The van der Waals surface area contributed by atoms with Crippen molar-refractivity contribution in [1.29, 1.82) is 0 Å². The molecule has 0 spiro atoms. The van der Waals surface area contributed by atoms with E-state index in [1.807, 2.05) is 31.2 Å². The number of hydrogen-bond acceptors (Lipinski definition) is 3. The van der Waals surface area contributed by atoms with Crippen LogP contribution in [0.25, 0.3) is 0 Å². The van der Waals surface area contributed by atoms with Crippen molar-refractivity contribution < 1.29 is 9.53 Å². The van der Waals surface area contributed by atoms with Crippen LogP contribution in [0, 0.1) is 5.92 Å². The highest BCUT2D eigenvalue weighted by molar-refractivity contribution is 5.82. The van der Waals surface area contributed by atoms with Crippen molar-refractivity contribution in [3.8, 4) is 5.75 Å². The Morgan fingerprint density at radius 2 is 2.10 bits per heavy atom. The minimum Gasteiger partial charge on any atom is -0.497 e. The van der Waals surface area contributed by atoms with E-state index in [2.05, 4.69) is 17.6 Å². The quantitative estimate of drug-likeness (QED) is 0.887. The van der Waals surface area contributed by atoms with Crippen LogP contribution in [0.4, 0.5) is 0 Å². The monoisotopic (exact) mass is 276 g/mol. The fourth-order valence-electron chi connectivity index (χ4n) is 2.60. The molecule has 0 saturated carbocycles. The van der Waals surface area contributed by atoms with Crippen molar-refractivity contribution in [2.75, 3.05) is 13.7 Å². The summed E-state index contributed by atoms with van der Waals surface area (Å²) >= 11 is 0. The number of carbonyl (C=O) groups is 1. The topological polar surface area (TPSA) is 50.4 Å². The molecule has 110 valence electrons. The molecule has 0 radical (unpaired) electrons. The normalized spacial score (nSPS) is 23.9. The van der Waals surface area contributed by atoms with Crippen molar-refractivity contribution in [2.45, 2.75) is 38.8 Å². The van der Waals surface area contributed by atoms with E-state index in [0.29, 0.717) is 5.92 Å². The average Bonchev–Trinajstić information content (AvgIpc) is 2.47. The molecule has 1 aromatic rings. The van der Waals surface area contributed by atoms with Gasteiger partial charge in [-0.05, 0) is 49.9 Å². The number of hydrogen-bond donors (Lipinski definition) is 2. The Morgan fingerprint density at radius 3 is 2.70 bits per heavy atom. The summed E-state index contributed by atoms with van der Waals surface area (Å²) in [5.74, 6) is 1.54. The van der Waals surface area contributed by atoms with Gasteiger partial charge in [-0.2, -0.15) is 0 Å². The van der Waals surface area contributed by atoms with Gasteiger partial charge < -0.3 is 15.4 Å². The van der Waals surface area contributed by atoms with Gasteiger partial charge in [0.05, 0.1) is 19.2 Å². The summed E-state index contributed by atoms with van der Waals surface area (Å²) in [6.07, 6.45) is 2.07. The zero-order valence-corrected chi connectivity index (χ0v) is 12.5. The van der Waals surface area contributed by atoms with Crippen LogP contribution in [0.1, 0.15) is 38.3 Å². The Morgan fingerprint density at radius 1 is 1.40 bits per heavy atom. The molecule has 1 aromatic carbocycles. The summed E-state index contributed by atoms with van der Waals surface area (Å²) < 4.78 is 5.14. The number of benzene rings is 1. The molecule has 4 nitrogen and oxygen atoms in total. The second kappa shape index (κ2) is 6.75. The maximum absolute atomic E-state index is 12.3. The van der Waals surface area contributed by atoms with Crippen LogP contribution in [0.2, 0.25) is 0 Å². The molecule has 1 fully saturated rings. The summed E-state index contributed by atoms with van der Waals surface area (Å²) in [4.78, 5) is 12.3. The van der Waals surface area contributed by atoms with Crippen LogP contribution in [0.5, 0.6) is 5.75 Å². The number of methoxy groups -OCH3 is 1. The number of ether oxygens (including phenoxy) is 1. The summed E-state index contributed by atoms with van der Waals surface area (Å²) in [5, 5.41) is 6.37. The first-order chi connectivity index (χ1) is 9.60. The van der Waals surface area contributed by atoms with Crippen molar-refractivity contribution in [3.05, 3.63) is 29.8 Å². The van der Waals surface area contributed by atoms with E-state index < -0.39 is 0 Å². The molecule has 3 atom stereocenters. The molecule has 1 aliphatic heterocycles. The van der Waals surface area contributed by atoms with Crippen LogP contribution in [-0.2, 0) is 4.79 Å². The Balaban J connectivity index is 1.92. The number of carbonyl (C=O) groups excluding carboxylic acids is 1. The van der Waals surface area contributed by atoms with Gasteiger partial charge >= 0.3 is 0 Å². The lowest BCUT2D eigenvalue weighted by Gasteiger charge is -2.28. The van der Waals surface area contributed by atoms with Crippen LogP contribution in [0.3, 0.4) is 0 Å². The molecular formula is C16H24N2O2. The molecule has 3 unspecified atom stereocenters. The van der Waals surface area contributed by atoms with E-state index in [1.165, 1.54) is 0 Å². The maximum Gasteiger partial charge on any atom is 0.237 e. The largest absolute Gasteiger partial charge is 0.497 e. The van der Waals surface area contributed by atoms with Gasteiger partial charge in [0.2, 0.25) is 5.91 Å². The van der Waals surface area contributed by atoms with E-state index in [1.54, 1.807) is 7.11 Å². The molecule has 1 amide bonds. The number of amides is 1. The first-order valence-electron chi connectivity index (χ1n) is 7.28. The van der Waals surface area contributed by atoms with Gasteiger partial charge in [-0.1, -0.05) is 19.1 Å². The predicted octanol–water partition coefficient (Wildman–Crippen LogP) is 2.26. The van der Waals surface area contributed by atoms with E-state index in [9.17, 15) is 4.79 Å². The Hall–Kier alpha value is -1.55. The van der Waals surface area contributed by atoms with E-state index in [0.717, 1.165) is 30.7 Å². The molecule has 4 heteroatoms. The van der Waals surface area contributed by atoms with Crippen LogP contribution >= 0.6 is 0 Å². The van der Waals surface area contributed by atoms with Crippen molar-refractivity contribution in [1.82, 2.24) is 10.6 Å². The number of piperidine rings is 1. The van der Waals surface area contributed by atoms with Crippen molar-refractivity contribution in [2.24, 2.45) is 5.92 Å². The lowest BCUT2D eigenvalue weighted by Crippen LogP contribution is -2.48. The van der Waals surface area contributed by atoms with Gasteiger partial charge in [0.15, 0.2) is 0 Å².